The fraction of sp³-hybridized carbons (Fsp3) is 0.278. The van der Waals surface area contributed by atoms with Crippen LogP contribution in [0.25, 0.3) is 0 Å². The van der Waals surface area contributed by atoms with E-state index in [-0.39, 0.29) is 28.5 Å². The molecule has 29 heavy (non-hydrogen) atoms. The van der Waals surface area contributed by atoms with Crippen molar-refractivity contribution < 1.29 is 26.4 Å². The normalized spacial score (nSPS) is 16.0. The quantitative estimate of drug-likeness (QED) is 0.728. The largest absolute Gasteiger partial charge is 0.495 e. The number of nitrogens with zero attached hydrogens (tertiary/aromatic N) is 2. The summed E-state index contributed by atoms with van der Waals surface area (Å²) >= 11 is 0. The Morgan fingerprint density at radius 1 is 1.10 bits per heavy atom. The molecular weight excluding hydrogens is 418 g/mol. The minimum absolute atomic E-state index is 0.0233. The summed E-state index contributed by atoms with van der Waals surface area (Å²) in [6.45, 7) is 0. The van der Waals surface area contributed by atoms with Crippen molar-refractivity contribution >= 4 is 43.0 Å². The molecule has 0 unspecified atom stereocenters. The summed E-state index contributed by atoms with van der Waals surface area (Å²) in [5.74, 6) is -0.892. The maximum Gasteiger partial charge on any atom is 0.265 e. The molecule has 0 aromatic heterocycles. The molecule has 0 atom stereocenters. The molecule has 0 bridgehead atoms. The summed E-state index contributed by atoms with van der Waals surface area (Å²) in [5.41, 5.74) is 1.18. The Kier molecular flexibility index (Phi) is 5.46. The fourth-order valence-electron chi connectivity index (χ4n) is 2.91. The number of amides is 1. The molecule has 0 saturated carbocycles. The van der Waals surface area contributed by atoms with E-state index in [4.69, 9.17) is 4.74 Å². The lowest BCUT2D eigenvalue weighted by molar-refractivity contribution is -0.116. The van der Waals surface area contributed by atoms with Gasteiger partial charge in [-0.05, 0) is 42.5 Å². The van der Waals surface area contributed by atoms with Crippen molar-refractivity contribution in [1.82, 2.24) is 0 Å². The van der Waals surface area contributed by atoms with Gasteiger partial charge in [0.2, 0.25) is 15.9 Å². The number of benzene rings is 2. The molecule has 1 aliphatic rings. The highest BCUT2D eigenvalue weighted by molar-refractivity contribution is 7.94. The summed E-state index contributed by atoms with van der Waals surface area (Å²) in [6, 6.07) is 10.5. The van der Waals surface area contributed by atoms with Crippen molar-refractivity contribution in [1.29, 1.82) is 0 Å². The van der Waals surface area contributed by atoms with E-state index >= 15 is 0 Å². The molecular formula is C18H21N3O6S2. The Labute approximate surface area is 170 Å². The number of carbonyl (C=O) groups is 1. The number of carbonyl (C=O) groups excluding carboxylic acids is 1. The zero-order valence-corrected chi connectivity index (χ0v) is 17.7. The van der Waals surface area contributed by atoms with Gasteiger partial charge in [0.1, 0.15) is 10.6 Å². The lowest BCUT2D eigenvalue weighted by Crippen LogP contribution is -2.29. The van der Waals surface area contributed by atoms with Gasteiger partial charge in [-0.2, -0.15) is 0 Å². The maximum atomic E-state index is 13.0. The van der Waals surface area contributed by atoms with Crippen LogP contribution >= 0.6 is 0 Å². The van der Waals surface area contributed by atoms with Gasteiger partial charge in [-0.3, -0.25) is 9.52 Å². The Morgan fingerprint density at radius 2 is 1.76 bits per heavy atom. The zero-order chi connectivity index (χ0) is 21.4. The fourth-order valence-corrected chi connectivity index (χ4v) is 5.61. The Morgan fingerprint density at radius 3 is 2.28 bits per heavy atom. The average molecular weight is 440 g/mol. The van der Waals surface area contributed by atoms with Gasteiger partial charge < -0.3 is 9.64 Å². The van der Waals surface area contributed by atoms with Crippen molar-refractivity contribution in [2.24, 2.45) is 0 Å². The van der Waals surface area contributed by atoms with Crippen LogP contribution < -0.4 is 18.7 Å². The van der Waals surface area contributed by atoms with Crippen molar-refractivity contribution in [2.75, 3.05) is 40.9 Å². The van der Waals surface area contributed by atoms with Crippen LogP contribution in [-0.2, 0) is 24.8 Å². The standard InChI is InChI=1S/C18H21N3O6S2/c1-20(2)14-6-4-13(5-7-14)19-29(25,26)17-12-15(8-9-16(17)27-3)21-18(22)10-11-28(21,23)24/h4-9,12,19H,10-11H2,1-3H3. The van der Waals surface area contributed by atoms with Gasteiger partial charge in [0.15, 0.2) is 0 Å². The summed E-state index contributed by atoms with van der Waals surface area (Å²) < 4.78 is 58.5. The molecule has 1 N–H and O–H groups in total. The van der Waals surface area contributed by atoms with Crippen LogP contribution in [-0.4, -0.2) is 49.7 Å². The van der Waals surface area contributed by atoms with E-state index in [1.807, 2.05) is 19.0 Å². The Bertz CT molecular complexity index is 1140. The molecule has 2 aromatic rings. The molecule has 1 amide bonds. The summed E-state index contributed by atoms with van der Waals surface area (Å²) in [7, 11) is -2.91. The van der Waals surface area contributed by atoms with E-state index in [9.17, 15) is 21.6 Å². The molecule has 2 aromatic carbocycles. The summed E-state index contributed by atoms with van der Waals surface area (Å²) in [5, 5.41) is 0. The lowest BCUT2D eigenvalue weighted by Gasteiger charge is -2.18. The molecule has 0 spiro atoms. The number of sulfonamides is 2. The highest BCUT2D eigenvalue weighted by Gasteiger charge is 2.37. The Balaban J connectivity index is 2.00. The lowest BCUT2D eigenvalue weighted by atomic mass is 10.3. The van der Waals surface area contributed by atoms with Crippen molar-refractivity contribution in [3.63, 3.8) is 0 Å². The third-order valence-corrected chi connectivity index (χ3v) is 7.48. The van der Waals surface area contributed by atoms with Crippen molar-refractivity contribution in [2.45, 2.75) is 11.3 Å². The van der Waals surface area contributed by atoms with Crippen LogP contribution in [0.5, 0.6) is 5.75 Å². The Hall–Kier alpha value is -2.79. The number of hydrogen-bond acceptors (Lipinski definition) is 7. The van der Waals surface area contributed by atoms with Crippen LogP contribution in [0.1, 0.15) is 6.42 Å². The monoisotopic (exact) mass is 439 g/mol. The van der Waals surface area contributed by atoms with E-state index in [2.05, 4.69) is 4.72 Å². The first-order valence-electron chi connectivity index (χ1n) is 8.59. The maximum absolute atomic E-state index is 13.0. The number of rotatable bonds is 6. The zero-order valence-electron chi connectivity index (χ0n) is 16.1. The first-order valence-corrected chi connectivity index (χ1v) is 11.7. The van der Waals surface area contributed by atoms with Gasteiger partial charge in [-0.25, -0.2) is 21.1 Å². The minimum Gasteiger partial charge on any atom is -0.495 e. The third kappa shape index (κ3) is 4.15. The second-order valence-corrected chi connectivity index (χ2v) is 10.2. The molecule has 9 nitrogen and oxygen atoms in total. The molecule has 1 heterocycles. The topological polar surface area (TPSA) is 113 Å². The smallest absolute Gasteiger partial charge is 0.265 e. The third-order valence-electron chi connectivity index (χ3n) is 4.39. The van der Waals surface area contributed by atoms with Gasteiger partial charge in [0.05, 0.1) is 18.6 Å². The van der Waals surface area contributed by atoms with Gasteiger partial charge in [0, 0.05) is 31.9 Å². The molecule has 0 radical (unpaired) electrons. The van der Waals surface area contributed by atoms with E-state index < -0.39 is 26.0 Å². The first kappa shape index (κ1) is 20.9. The molecule has 1 saturated heterocycles. The van der Waals surface area contributed by atoms with Gasteiger partial charge >= 0.3 is 0 Å². The van der Waals surface area contributed by atoms with Crippen LogP contribution in [0.3, 0.4) is 0 Å². The molecule has 0 aliphatic carbocycles. The number of ether oxygens (including phenoxy) is 1. The van der Waals surface area contributed by atoms with Crippen LogP contribution in [0.15, 0.2) is 47.4 Å². The highest BCUT2D eigenvalue weighted by atomic mass is 32.2. The summed E-state index contributed by atoms with van der Waals surface area (Å²) in [4.78, 5) is 13.6. The molecule has 156 valence electrons. The van der Waals surface area contributed by atoms with Crippen molar-refractivity contribution in [3.8, 4) is 5.75 Å². The van der Waals surface area contributed by atoms with Crippen molar-refractivity contribution in [3.05, 3.63) is 42.5 Å². The number of methoxy groups -OCH3 is 1. The predicted molar refractivity (Wildman–Crippen MR) is 110 cm³/mol. The van der Waals surface area contributed by atoms with Crippen LogP contribution in [0.2, 0.25) is 0 Å². The molecule has 11 heteroatoms. The van der Waals surface area contributed by atoms with Crippen LogP contribution in [0.4, 0.5) is 17.1 Å². The molecule has 3 rings (SSSR count). The SMILES string of the molecule is COc1ccc(N2C(=O)CCS2(=O)=O)cc1S(=O)(=O)Nc1ccc(N(C)C)cc1. The second kappa shape index (κ2) is 7.56. The van der Waals surface area contributed by atoms with Crippen LogP contribution in [0, 0.1) is 0 Å². The van der Waals surface area contributed by atoms with E-state index in [1.54, 1.807) is 24.3 Å². The highest BCUT2D eigenvalue weighted by Crippen LogP contribution is 2.33. The minimum atomic E-state index is -4.12. The summed E-state index contributed by atoms with van der Waals surface area (Å²) in [6.07, 6.45) is -0.146. The van der Waals surface area contributed by atoms with Gasteiger partial charge in [-0.1, -0.05) is 0 Å². The van der Waals surface area contributed by atoms with E-state index in [0.29, 0.717) is 9.99 Å². The molecule has 1 fully saturated rings. The van der Waals surface area contributed by atoms with Gasteiger partial charge in [-0.15, -0.1) is 0 Å². The number of hydrogen-bond donors (Lipinski definition) is 1. The number of anilines is 3. The van der Waals surface area contributed by atoms with E-state index in [0.717, 1.165) is 11.8 Å². The first-order chi connectivity index (χ1) is 13.5. The van der Waals surface area contributed by atoms with Gasteiger partial charge in [0.25, 0.3) is 10.0 Å². The molecule has 1 aliphatic heterocycles. The number of nitrogens with one attached hydrogen (secondary N) is 1. The van der Waals surface area contributed by atoms with E-state index in [1.165, 1.54) is 19.2 Å². The predicted octanol–water partition coefficient (Wildman–Crippen LogP) is 1.63. The average Bonchev–Trinajstić information content (AvgIpc) is 2.94. The second-order valence-electron chi connectivity index (χ2n) is 6.61.